The molecule has 16 heteroatoms. The molecule has 2 aromatic rings. The molecular formula is C23H24F3N5O6S2. The zero-order valence-electron chi connectivity index (χ0n) is 20.4. The van der Waals surface area contributed by atoms with Crippen LogP contribution in [-0.2, 0) is 25.0 Å². The number of hydrogen-bond donors (Lipinski definition) is 3. The quantitative estimate of drug-likeness (QED) is 0.450. The smallest absolute Gasteiger partial charge is 0.406 e. The Morgan fingerprint density at radius 1 is 1.13 bits per heavy atom. The van der Waals surface area contributed by atoms with Crippen molar-refractivity contribution < 1.29 is 39.5 Å². The number of nitrogens with two attached hydrogens (primary N) is 1. The number of carbonyl (C=O) groups is 1. The van der Waals surface area contributed by atoms with Gasteiger partial charge in [-0.2, -0.15) is 12.7 Å². The number of amides is 1. The molecule has 4 N–H and O–H groups in total. The Labute approximate surface area is 222 Å². The van der Waals surface area contributed by atoms with Gasteiger partial charge in [-0.1, -0.05) is 18.2 Å². The average Bonchev–Trinajstić information content (AvgIpc) is 3.12. The van der Waals surface area contributed by atoms with E-state index in [4.69, 9.17) is 5.14 Å². The summed E-state index contributed by atoms with van der Waals surface area (Å²) in [5.74, 6) is -0.841. The molecule has 1 spiro atoms. The molecule has 2 aliphatic heterocycles. The number of ether oxygens (including phenoxy) is 1. The van der Waals surface area contributed by atoms with Crippen LogP contribution in [0.3, 0.4) is 0 Å². The molecule has 0 aromatic heterocycles. The summed E-state index contributed by atoms with van der Waals surface area (Å²) in [5.41, 5.74) is 0.343. The average molecular weight is 588 g/mol. The normalized spacial score (nSPS) is 18.3. The Bertz CT molecular complexity index is 1560. The molecule has 1 amide bonds. The minimum atomic E-state index is -4.87. The second-order valence-corrected chi connectivity index (χ2v) is 12.1. The van der Waals surface area contributed by atoms with Crippen LogP contribution in [0.4, 0.5) is 18.9 Å². The van der Waals surface area contributed by atoms with Crippen LogP contribution in [0.2, 0.25) is 0 Å². The Hall–Kier alpha value is -3.47. The number of amidine groups is 1. The number of halogens is 3. The maximum absolute atomic E-state index is 12.9. The number of rotatable bonds is 7. The number of nitrogens with zero attached hydrogens (tertiary/aromatic N) is 2. The number of aryl methyl sites for hydroxylation is 1. The molecule has 2 aromatic carbocycles. The molecule has 210 valence electrons. The standard InChI is InChI=1S/C23H24F3N5O6S2/c1-15-13-18(30-39(27,35)36)6-5-16(15)7-12-38(33,34)31-10-8-22(9-11-31)21(32)28-20(29-22)17-3-2-4-19(14-17)37-23(24,25)26/h2-7,12-14,30H,8-11H2,1H3,(H2,27,35,36)(H,28,29,32)/b12-7+. The first-order chi connectivity index (χ1) is 18.1. The maximum atomic E-state index is 12.9. The highest BCUT2D eigenvalue weighted by molar-refractivity contribution is 7.92. The van der Waals surface area contributed by atoms with Gasteiger partial charge in [0.05, 0.1) is 5.69 Å². The second-order valence-electron chi connectivity index (χ2n) is 8.99. The summed E-state index contributed by atoms with van der Waals surface area (Å²) in [6.07, 6.45) is -3.35. The lowest BCUT2D eigenvalue weighted by molar-refractivity contribution is -0.274. The SMILES string of the molecule is Cc1cc(NS(N)(=O)=O)ccc1/C=C/S(=O)(=O)N1CCC2(CC1)N=C(c1cccc(OC(F)(F)F)c1)NC2=O. The van der Waals surface area contributed by atoms with E-state index in [-0.39, 0.29) is 43.0 Å². The summed E-state index contributed by atoms with van der Waals surface area (Å²) in [6, 6.07) is 9.52. The Balaban J connectivity index is 1.45. The van der Waals surface area contributed by atoms with Crippen LogP contribution in [0.1, 0.15) is 29.5 Å². The summed E-state index contributed by atoms with van der Waals surface area (Å²) in [7, 11) is -7.82. The van der Waals surface area contributed by atoms with Crippen LogP contribution >= 0.6 is 0 Å². The van der Waals surface area contributed by atoms with Crippen molar-refractivity contribution in [2.45, 2.75) is 31.7 Å². The molecule has 4 rings (SSSR count). The van der Waals surface area contributed by atoms with E-state index >= 15 is 0 Å². The van der Waals surface area contributed by atoms with E-state index < -0.39 is 43.8 Å². The van der Waals surface area contributed by atoms with Gasteiger partial charge in [0.25, 0.3) is 16.1 Å². The minimum Gasteiger partial charge on any atom is -0.406 e. The van der Waals surface area contributed by atoms with E-state index in [9.17, 15) is 34.8 Å². The molecule has 1 fully saturated rings. The highest BCUT2D eigenvalue weighted by Gasteiger charge is 2.47. The van der Waals surface area contributed by atoms with Gasteiger partial charge in [-0.3, -0.25) is 14.5 Å². The molecule has 0 bridgehead atoms. The number of alkyl halides is 3. The number of piperidine rings is 1. The number of anilines is 1. The predicted molar refractivity (Wildman–Crippen MR) is 137 cm³/mol. The molecular weight excluding hydrogens is 563 g/mol. The molecule has 39 heavy (non-hydrogen) atoms. The highest BCUT2D eigenvalue weighted by atomic mass is 32.2. The zero-order chi connectivity index (χ0) is 28.6. The molecule has 0 aliphatic carbocycles. The topological polar surface area (TPSA) is 160 Å². The first kappa shape index (κ1) is 28.5. The van der Waals surface area contributed by atoms with Crippen LogP contribution in [0, 0.1) is 6.92 Å². The molecule has 1 saturated heterocycles. The van der Waals surface area contributed by atoms with Crippen LogP contribution in [0.25, 0.3) is 6.08 Å². The third-order valence-electron chi connectivity index (χ3n) is 6.18. The van der Waals surface area contributed by atoms with E-state index in [0.717, 1.165) is 17.5 Å². The van der Waals surface area contributed by atoms with Gasteiger partial charge >= 0.3 is 6.36 Å². The summed E-state index contributed by atoms with van der Waals surface area (Å²) >= 11 is 0. The summed E-state index contributed by atoms with van der Waals surface area (Å²) in [6.45, 7) is 1.65. The molecule has 2 heterocycles. The number of aliphatic imine (C=N–C) groups is 1. The highest BCUT2D eigenvalue weighted by Crippen LogP contribution is 2.33. The summed E-state index contributed by atoms with van der Waals surface area (Å²) < 4.78 is 93.2. The monoisotopic (exact) mass is 587 g/mol. The van der Waals surface area contributed by atoms with Gasteiger partial charge in [0.15, 0.2) is 0 Å². The Kier molecular flexibility index (Phi) is 7.50. The fourth-order valence-corrected chi connectivity index (χ4v) is 5.92. The van der Waals surface area contributed by atoms with Crippen molar-refractivity contribution in [1.29, 1.82) is 0 Å². The van der Waals surface area contributed by atoms with Gasteiger partial charge < -0.3 is 10.1 Å². The van der Waals surface area contributed by atoms with Crippen molar-refractivity contribution in [3.8, 4) is 5.75 Å². The largest absolute Gasteiger partial charge is 0.573 e. The first-order valence-corrected chi connectivity index (χ1v) is 14.5. The van der Waals surface area contributed by atoms with E-state index in [1.165, 1.54) is 40.7 Å². The van der Waals surface area contributed by atoms with E-state index in [1.54, 1.807) is 6.92 Å². The molecule has 0 radical (unpaired) electrons. The van der Waals surface area contributed by atoms with Crippen molar-refractivity contribution in [2.75, 3.05) is 17.8 Å². The van der Waals surface area contributed by atoms with E-state index in [0.29, 0.717) is 11.1 Å². The summed E-state index contributed by atoms with van der Waals surface area (Å²) in [4.78, 5) is 17.2. The van der Waals surface area contributed by atoms with Crippen LogP contribution < -0.4 is 19.9 Å². The number of benzene rings is 2. The minimum absolute atomic E-state index is 0.00963. The number of nitrogens with one attached hydrogen (secondary N) is 2. The number of hydrogen-bond acceptors (Lipinski definition) is 7. The van der Waals surface area contributed by atoms with Crippen molar-refractivity contribution in [3.63, 3.8) is 0 Å². The molecule has 0 saturated carbocycles. The van der Waals surface area contributed by atoms with E-state index in [1.807, 2.05) is 0 Å². The van der Waals surface area contributed by atoms with Gasteiger partial charge in [-0.05, 0) is 61.2 Å². The van der Waals surface area contributed by atoms with E-state index in [2.05, 4.69) is 19.8 Å². The third-order valence-corrected chi connectivity index (χ3v) is 8.27. The van der Waals surface area contributed by atoms with Crippen molar-refractivity contribution in [2.24, 2.45) is 10.1 Å². The second kappa shape index (κ2) is 10.3. The lowest BCUT2D eigenvalue weighted by Gasteiger charge is -2.34. The summed E-state index contributed by atoms with van der Waals surface area (Å²) in [5, 5.41) is 8.57. The predicted octanol–water partition coefficient (Wildman–Crippen LogP) is 2.22. The van der Waals surface area contributed by atoms with Crippen molar-refractivity contribution in [1.82, 2.24) is 9.62 Å². The van der Waals surface area contributed by atoms with Crippen LogP contribution in [0.5, 0.6) is 5.75 Å². The first-order valence-electron chi connectivity index (χ1n) is 11.4. The molecule has 2 aliphatic rings. The van der Waals surface area contributed by atoms with Crippen LogP contribution in [0.15, 0.2) is 52.9 Å². The van der Waals surface area contributed by atoms with Crippen molar-refractivity contribution in [3.05, 3.63) is 64.6 Å². The van der Waals surface area contributed by atoms with Gasteiger partial charge in [-0.15, -0.1) is 13.2 Å². The molecule has 11 nitrogen and oxygen atoms in total. The van der Waals surface area contributed by atoms with Gasteiger partial charge in [0, 0.05) is 24.1 Å². The zero-order valence-corrected chi connectivity index (χ0v) is 22.0. The lowest BCUT2D eigenvalue weighted by Crippen LogP contribution is -2.50. The fraction of sp³-hybridized carbons (Fsp3) is 0.304. The van der Waals surface area contributed by atoms with Gasteiger partial charge in [0.1, 0.15) is 17.1 Å². The third kappa shape index (κ3) is 6.95. The number of sulfonamides is 1. The Morgan fingerprint density at radius 2 is 1.82 bits per heavy atom. The van der Waals surface area contributed by atoms with Crippen molar-refractivity contribution >= 4 is 43.7 Å². The Morgan fingerprint density at radius 3 is 2.44 bits per heavy atom. The fourth-order valence-electron chi connectivity index (χ4n) is 4.28. The van der Waals surface area contributed by atoms with Gasteiger partial charge in [-0.25, -0.2) is 13.6 Å². The number of carbonyl (C=O) groups excluding carboxylic acids is 1. The van der Waals surface area contributed by atoms with Gasteiger partial charge in [0.2, 0.25) is 10.0 Å². The van der Waals surface area contributed by atoms with Crippen LogP contribution in [-0.4, -0.2) is 57.9 Å². The maximum Gasteiger partial charge on any atom is 0.573 e. The molecule has 0 unspecified atom stereocenters. The lowest BCUT2D eigenvalue weighted by atomic mass is 9.89. The molecule has 0 atom stereocenters.